The van der Waals surface area contributed by atoms with Gasteiger partial charge in [0.15, 0.2) is 0 Å². The smallest absolute Gasteiger partial charge is 0.0537 e. The van der Waals surface area contributed by atoms with Crippen molar-refractivity contribution in [3.8, 4) is 0 Å². The van der Waals surface area contributed by atoms with Crippen LogP contribution < -0.4 is 5.32 Å². The summed E-state index contributed by atoms with van der Waals surface area (Å²) in [6, 6.07) is 2.18. The molecular weight excluding hydrogens is 298 g/mol. The van der Waals surface area contributed by atoms with Gasteiger partial charge in [-0.25, -0.2) is 0 Å². The summed E-state index contributed by atoms with van der Waals surface area (Å²) in [5.41, 5.74) is 2.49. The first-order valence-electron chi connectivity index (χ1n) is 5.51. The van der Waals surface area contributed by atoms with E-state index in [2.05, 4.69) is 46.3 Å². The fraction of sp³-hybridized carbons (Fsp3) is 0.417. The highest BCUT2D eigenvalue weighted by Crippen LogP contribution is 2.26. The highest BCUT2D eigenvalue weighted by atomic mass is 79.9. The quantitative estimate of drug-likeness (QED) is 0.939. The molecule has 0 spiro atoms. The van der Waals surface area contributed by atoms with Crippen LogP contribution in [0.2, 0.25) is 0 Å². The number of aryl methyl sites for hydroxylation is 2. The molecule has 0 aromatic carbocycles. The predicted molar refractivity (Wildman–Crippen MR) is 75.2 cm³/mol. The molecule has 92 valence electrons. The van der Waals surface area contributed by atoms with Crippen LogP contribution in [0, 0.1) is 13.8 Å². The molecule has 0 unspecified atom stereocenters. The van der Waals surface area contributed by atoms with E-state index in [1.807, 2.05) is 29.3 Å². The number of halogens is 1. The minimum atomic E-state index is 0.869. The van der Waals surface area contributed by atoms with Crippen molar-refractivity contribution in [2.24, 2.45) is 7.05 Å². The standard InChI is InChI=1S/C12H16BrN3S/c1-8-10(6-15-16(8)3)5-14-7-11-4-12(13)9(2)17-11/h4,6,14H,5,7H2,1-3H3. The van der Waals surface area contributed by atoms with Gasteiger partial charge in [0, 0.05) is 45.6 Å². The van der Waals surface area contributed by atoms with Gasteiger partial charge in [0.25, 0.3) is 0 Å². The van der Waals surface area contributed by atoms with Gasteiger partial charge in [-0.15, -0.1) is 11.3 Å². The van der Waals surface area contributed by atoms with Crippen LogP contribution in [0.25, 0.3) is 0 Å². The first-order chi connectivity index (χ1) is 8.08. The van der Waals surface area contributed by atoms with Crippen molar-refractivity contribution in [3.63, 3.8) is 0 Å². The van der Waals surface area contributed by atoms with Crippen LogP contribution >= 0.6 is 27.3 Å². The second-order valence-corrected chi connectivity index (χ2v) is 6.29. The summed E-state index contributed by atoms with van der Waals surface area (Å²) in [6.07, 6.45) is 1.93. The Labute approximate surface area is 114 Å². The van der Waals surface area contributed by atoms with Crippen molar-refractivity contribution in [1.29, 1.82) is 0 Å². The Morgan fingerprint density at radius 1 is 1.41 bits per heavy atom. The molecule has 2 aromatic heterocycles. The summed E-state index contributed by atoms with van der Waals surface area (Å²) in [5, 5.41) is 7.68. The Morgan fingerprint density at radius 2 is 2.18 bits per heavy atom. The van der Waals surface area contributed by atoms with E-state index in [4.69, 9.17) is 0 Å². The summed E-state index contributed by atoms with van der Waals surface area (Å²) < 4.78 is 3.11. The maximum Gasteiger partial charge on any atom is 0.0537 e. The molecule has 0 fully saturated rings. The molecule has 2 aromatic rings. The van der Waals surface area contributed by atoms with Gasteiger partial charge in [-0.1, -0.05) is 0 Å². The summed E-state index contributed by atoms with van der Waals surface area (Å²) in [5.74, 6) is 0. The van der Waals surface area contributed by atoms with Crippen molar-refractivity contribution in [2.45, 2.75) is 26.9 Å². The highest BCUT2D eigenvalue weighted by Gasteiger charge is 2.05. The zero-order valence-corrected chi connectivity index (χ0v) is 12.7. The average molecular weight is 314 g/mol. The van der Waals surface area contributed by atoms with Gasteiger partial charge >= 0.3 is 0 Å². The number of hydrogen-bond acceptors (Lipinski definition) is 3. The molecule has 2 rings (SSSR count). The lowest BCUT2D eigenvalue weighted by Gasteiger charge is -2.02. The second-order valence-electron chi connectivity index (χ2n) is 4.10. The van der Waals surface area contributed by atoms with E-state index in [0.29, 0.717) is 0 Å². The van der Waals surface area contributed by atoms with Crippen LogP contribution in [0.3, 0.4) is 0 Å². The molecule has 2 heterocycles. The fourth-order valence-corrected chi connectivity index (χ4v) is 3.21. The van der Waals surface area contributed by atoms with Crippen molar-refractivity contribution >= 4 is 27.3 Å². The average Bonchev–Trinajstić information content (AvgIpc) is 2.76. The molecule has 0 atom stereocenters. The Kier molecular flexibility index (Phi) is 4.01. The minimum Gasteiger partial charge on any atom is -0.308 e. The molecule has 1 N–H and O–H groups in total. The second kappa shape index (κ2) is 5.33. The lowest BCUT2D eigenvalue weighted by Crippen LogP contribution is -2.12. The third-order valence-electron chi connectivity index (χ3n) is 2.86. The number of rotatable bonds is 4. The largest absolute Gasteiger partial charge is 0.308 e. The van der Waals surface area contributed by atoms with E-state index in [0.717, 1.165) is 13.1 Å². The van der Waals surface area contributed by atoms with Gasteiger partial charge in [0.05, 0.1) is 6.20 Å². The maximum atomic E-state index is 4.23. The summed E-state index contributed by atoms with van der Waals surface area (Å²) >= 11 is 5.37. The lowest BCUT2D eigenvalue weighted by molar-refractivity contribution is 0.691. The van der Waals surface area contributed by atoms with Crippen molar-refractivity contribution in [2.75, 3.05) is 0 Å². The van der Waals surface area contributed by atoms with E-state index in [1.54, 1.807) is 0 Å². The van der Waals surface area contributed by atoms with Crippen LogP contribution in [-0.2, 0) is 20.1 Å². The van der Waals surface area contributed by atoms with Gasteiger partial charge in [0.1, 0.15) is 0 Å². The van der Waals surface area contributed by atoms with Gasteiger partial charge in [-0.2, -0.15) is 5.10 Å². The molecule has 17 heavy (non-hydrogen) atoms. The summed E-state index contributed by atoms with van der Waals surface area (Å²) in [6.45, 7) is 6.00. The molecule has 0 radical (unpaired) electrons. The van der Waals surface area contributed by atoms with Crippen molar-refractivity contribution in [1.82, 2.24) is 15.1 Å². The van der Waals surface area contributed by atoms with Gasteiger partial charge < -0.3 is 5.32 Å². The SMILES string of the molecule is Cc1sc(CNCc2cnn(C)c2C)cc1Br. The minimum absolute atomic E-state index is 0.869. The molecule has 0 saturated heterocycles. The number of nitrogens with zero attached hydrogens (tertiary/aromatic N) is 2. The predicted octanol–water partition coefficient (Wildman–Crippen LogP) is 3.15. The molecule has 0 amide bonds. The first-order valence-corrected chi connectivity index (χ1v) is 7.12. The van der Waals surface area contributed by atoms with Crippen LogP contribution in [0.5, 0.6) is 0 Å². The normalized spacial score (nSPS) is 11.1. The van der Waals surface area contributed by atoms with Crippen LogP contribution in [-0.4, -0.2) is 9.78 Å². The number of nitrogens with one attached hydrogen (secondary N) is 1. The Morgan fingerprint density at radius 3 is 2.71 bits per heavy atom. The zero-order valence-electron chi connectivity index (χ0n) is 10.2. The summed E-state index contributed by atoms with van der Waals surface area (Å²) in [4.78, 5) is 2.69. The Bertz CT molecular complexity index is 496. The van der Waals surface area contributed by atoms with Gasteiger partial charge in [-0.3, -0.25) is 4.68 Å². The third-order valence-corrected chi connectivity index (χ3v) is 5.00. The molecule has 3 nitrogen and oxygen atoms in total. The van der Waals surface area contributed by atoms with E-state index in [1.165, 1.54) is 25.5 Å². The van der Waals surface area contributed by atoms with Crippen molar-refractivity contribution in [3.05, 3.63) is 37.7 Å². The van der Waals surface area contributed by atoms with E-state index in [-0.39, 0.29) is 0 Å². The summed E-state index contributed by atoms with van der Waals surface area (Å²) in [7, 11) is 1.97. The maximum absolute atomic E-state index is 4.23. The van der Waals surface area contributed by atoms with Crippen molar-refractivity contribution < 1.29 is 0 Å². The lowest BCUT2D eigenvalue weighted by atomic mass is 10.2. The molecule has 0 aliphatic carbocycles. The fourth-order valence-electron chi connectivity index (χ4n) is 1.64. The monoisotopic (exact) mass is 313 g/mol. The topological polar surface area (TPSA) is 29.9 Å². The van der Waals surface area contributed by atoms with Crippen LogP contribution in [0.1, 0.15) is 21.0 Å². The molecule has 0 aliphatic rings. The van der Waals surface area contributed by atoms with E-state index < -0.39 is 0 Å². The molecule has 5 heteroatoms. The number of thiophene rings is 1. The Hall–Kier alpha value is -0.650. The van der Waals surface area contributed by atoms with Crippen LogP contribution in [0.4, 0.5) is 0 Å². The van der Waals surface area contributed by atoms with E-state index >= 15 is 0 Å². The first kappa shape index (κ1) is 12.8. The third kappa shape index (κ3) is 2.97. The van der Waals surface area contributed by atoms with Crippen LogP contribution in [0.15, 0.2) is 16.7 Å². The molecule has 0 bridgehead atoms. The zero-order chi connectivity index (χ0) is 12.4. The van der Waals surface area contributed by atoms with Gasteiger partial charge in [0.2, 0.25) is 0 Å². The number of aromatic nitrogens is 2. The van der Waals surface area contributed by atoms with Gasteiger partial charge in [-0.05, 0) is 35.8 Å². The Balaban J connectivity index is 1.89. The van der Waals surface area contributed by atoms with E-state index in [9.17, 15) is 0 Å². The number of hydrogen-bond donors (Lipinski definition) is 1. The molecular formula is C12H16BrN3S. The molecule has 0 aliphatic heterocycles. The highest BCUT2D eigenvalue weighted by molar-refractivity contribution is 9.10. The molecule has 0 saturated carbocycles.